The van der Waals surface area contributed by atoms with Gasteiger partial charge in [-0.3, -0.25) is 0 Å². The zero-order valence-electron chi connectivity index (χ0n) is 11.9. The number of halogens is 1. The molecule has 1 aromatic rings. The van der Waals surface area contributed by atoms with Crippen LogP contribution >= 0.6 is 15.9 Å². The zero-order valence-corrected chi connectivity index (χ0v) is 13.5. The first-order valence-corrected chi connectivity index (χ1v) is 7.17. The first-order valence-electron chi connectivity index (χ1n) is 6.37. The van der Waals surface area contributed by atoms with Crippen LogP contribution in [0, 0.1) is 0 Å². The Labute approximate surface area is 127 Å². The lowest BCUT2D eigenvalue weighted by Gasteiger charge is -2.17. The summed E-state index contributed by atoms with van der Waals surface area (Å²) in [5.41, 5.74) is 0.713. The first-order chi connectivity index (χ1) is 9.47. The minimum absolute atomic E-state index is 0.0646. The molecule has 0 bridgehead atoms. The highest BCUT2D eigenvalue weighted by atomic mass is 79.9. The minimum Gasteiger partial charge on any atom is -0.493 e. The molecule has 0 saturated heterocycles. The van der Waals surface area contributed by atoms with Gasteiger partial charge < -0.3 is 24.4 Å². The van der Waals surface area contributed by atoms with Crippen LogP contribution in [0.4, 0.5) is 0 Å². The molecule has 2 N–H and O–H groups in total. The van der Waals surface area contributed by atoms with E-state index >= 15 is 0 Å². The SMILES string of the molecule is COc1cc(CO)cc(Br)c1OCC(O)COC(C)C. The maximum atomic E-state index is 9.77. The number of benzene rings is 1. The Hall–Kier alpha value is -0.820. The number of rotatable bonds is 8. The van der Waals surface area contributed by atoms with E-state index in [0.29, 0.717) is 21.5 Å². The van der Waals surface area contributed by atoms with E-state index in [0.717, 1.165) is 0 Å². The Balaban J connectivity index is 2.67. The predicted molar refractivity (Wildman–Crippen MR) is 79.2 cm³/mol. The fraction of sp³-hybridized carbons (Fsp3) is 0.571. The largest absolute Gasteiger partial charge is 0.493 e. The highest BCUT2D eigenvalue weighted by Gasteiger charge is 2.14. The van der Waals surface area contributed by atoms with Gasteiger partial charge in [0.25, 0.3) is 0 Å². The van der Waals surface area contributed by atoms with Crippen molar-refractivity contribution in [3.05, 3.63) is 22.2 Å². The van der Waals surface area contributed by atoms with Gasteiger partial charge in [-0.1, -0.05) is 0 Å². The van der Waals surface area contributed by atoms with Gasteiger partial charge in [0.15, 0.2) is 11.5 Å². The summed E-state index contributed by atoms with van der Waals surface area (Å²) in [7, 11) is 1.52. The van der Waals surface area contributed by atoms with Crippen LogP contribution in [0.5, 0.6) is 11.5 Å². The van der Waals surface area contributed by atoms with Crippen molar-refractivity contribution in [2.24, 2.45) is 0 Å². The molecule has 0 aromatic heterocycles. The first kappa shape index (κ1) is 17.2. The van der Waals surface area contributed by atoms with Crippen LogP contribution in [0.15, 0.2) is 16.6 Å². The normalized spacial score (nSPS) is 12.6. The van der Waals surface area contributed by atoms with Crippen LogP contribution < -0.4 is 9.47 Å². The molecule has 0 aliphatic heterocycles. The Morgan fingerprint density at radius 2 is 1.95 bits per heavy atom. The van der Waals surface area contributed by atoms with Crippen LogP contribution in [0.3, 0.4) is 0 Å². The second-order valence-electron chi connectivity index (χ2n) is 4.61. The molecule has 0 heterocycles. The molecule has 0 aliphatic rings. The van der Waals surface area contributed by atoms with Crippen molar-refractivity contribution in [1.29, 1.82) is 0 Å². The third-order valence-corrected chi connectivity index (χ3v) is 3.10. The Bertz CT molecular complexity index is 422. The van der Waals surface area contributed by atoms with Crippen molar-refractivity contribution in [1.82, 2.24) is 0 Å². The molecule has 1 aromatic carbocycles. The van der Waals surface area contributed by atoms with Gasteiger partial charge in [0.1, 0.15) is 12.7 Å². The fourth-order valence-electron chi connectivity index (χ4n) is 1.54. The number of methoxy groups -OCH3 is 1. The van der Waals surface area contributed by atoms with Gasteiger partial charge in [-0.15, -0.1) is 0 Å². The molecular weight excluding hydrogens is 328 g/mol. The average molecular weight is 349 g/mol. The smallest absolute Gasteiger partial charge is 0.175 e. The molecule has 6 heteroatoms. The molecule has 0 aliphatic carbocycles. The van der Waals surface area contributed by atoms with Crippen LogP contribution in [0.25, 0.3) is 0 Å². The molecule has 0 saturated carbocycles. The minimum atomic E-state index is -0.716. The van der Waals surface area contributed by atoms with E-state index < -0.39 is 6.10 Å². The Morgan fingerprint density at radius 1 is 1.25 bits per heavy atom. The summed E-state index contributed by atoms with van der Waals surface area (Å²) in [6.07, 6.45) is -0.652. The highest BCUT2D eigenvalue weighted by molar-refractivity contribution is 9.10. The molecule has 0 amide bonds. The monoisotopic (exact) mass is 348 g/mol. The highest BCUT2D eigenvalue weighted by Crippen LogP contribution is 2.36. The predicted octanol–water partition coefficient (Wildman–Crippen LogP) is 2.11. The van der Waals surface area contributed by atoms with Crippen LogP contribution in [0.2, 0.25) is 0 Å². The van der Waals surface area contributed by atoms with E-state index in [4.69, 9.17) is 19.3 Å². The molecule has 5 nitrogen and oxygen atoms in total. The summed E-state index contributed by atoms with van der Waals surface area (Å²) < 4.78 is 16.8. The van der Waals surface area contributed by atoms with Crippen molar-refractivity contribution in [3.63, 3.8) is 0 Å². The molecule has 1 unspecified atom stereocenters. The third-order valence-electron chi connectivity index (χ3n) is 2.51. The van der Waals surface area contributed by atoms with E-state index in [9.17, 15) is 5.11 Å². The van der Waals surface area contributed by atoms with E-state index in [1.807, 2.05) is 13.8 Å². The summed E-state index contributed by atoms with van der Waals surface area (Å²) in [5.74, 6) is 0.994. The number of aliphatic hydroxyl groups is 2. The lowest BCUT2D eigenvalue weighted by Crippen LogP contribution is -2.25. The quantitative estimate of drug-likeness (QED) is 0.753. The third kappa shape index (κ3) is 5.28. The average Bonchev–Trinajstić information content (AvgIpc) is 2.42. The summed E-state index contributed by atoms with van der Waals surface area (Å²) in [6.45, 7) is 4.04. The maximum absolute atomic E-state index is 9.77. The second-order valence-corrected chi connectivity index (χ2v) is 5.47. The fourth-order valence-corrected chi connectivity index (χ4v) is 2.14. The summed E-state index contributed by atoms with van der Waals surface area (Å²) in [5, 5.41) is 18.9. The molecule has 0 radical (unpaired) electrons. The number of ether oxygens (including phenoxy) is 3. The van der Waals surface area contributed by atoms with Gasteiger partial charge in [-0.2, -0.15) is 0 Å². The molecule has 0 fully saturated rings. The van der Waals surface area contributed by atoms with Gasteiger partial charge in [-0.05, 0) is 47.5 Å². The molecular formula is C14H21BrO5. The summed E-state index contributed by atoms with van der Waals surface area (Å²) >= 11 is 3.36. The van der Waals surface area contributed by atoms with Crippen molar-refractivity contribution in [3.8, 4) is 11.5 Å². The standard InChI is InChI=1S/C14H21BrO5/c1-9(2)19-7-11(17)8-20-14-12(15)4-10(6-16)5-13(14)18-3/h4-5,9,11,16-17H,6-8H2,1-3H3. The Kier molecular flexibility index (Phi) is 7.29. The Morgan fingerprint density at radius 3 is 2.50 bits per heavy atom. The van der Waals surface area contributed by atoms with Gasteiger partial charge in [0.05, 0.1) is 30.9 Å². The van der Waals surface area contributed by atoms with E-state index in [-0.39, 0.29) is 25.9 Å². The number of aliphatic hydroxyl groups excluding tert-OH is 2. The maximum Gasteiger partial charge on any atom is 0.175 e. The van der Waals surface area contributed by atoms with Gasteiger partial charge in [-0.25, -0.2) is 0 Å². The molecule has 20 heavy (non-hydrogen) atoms. The van der Waals surface area contributed by atoms with E-state index in [2.05, 4.69) is 15.9 Å². The number of hydrogen-bond acceptors (Lipinski definition) is 5. The van der Waals surface area contributed by atoms with Crippen LogP contribution in [0.1, 0.15) is 19.4 Å². The van der Waals surface area contributed by atoms with Crippen molar-refractivity contribution >= 4 is 15.9 Å². The van der Waals surface area contributed by atoms with Crippen molar-refractivity contribution in [2.45, 2.75) is 32.7 Å². The van der Waals surface area contributed by atoms with Gasteiger partial charge >= 0.3 is 0 Å². The zero-order chi connectivity index (χ0) is 15.1. The van der Waals surface area contributed by atoms with Crippen LogP contribution in [-0.2, 0) is 11.3 Å². The summed E-state index contributed by atoms with van der Waals surface area (Å²) in [6, 6.07) is 3.44. The van der Waals surface area contributed by atoms with Crippen molar-refractivity contribution in [2.75, 3.05) is 20.3 Å². The molecule has 1 rings (SSSR count). The summed E-state index contributed by atoms with van der Waals surface area (Å²) in [4.78, 5) is 0. The molecule has 114 valence electrons. The van der Waals surface area contributed by atoms with Crippen molar-refractivity contribution < 1.29 is 24.4 Å². The molecule has 1 atom stereocenters. The van der Waals surface area contributed by atoms with Gasteiger partial charge in [0.2, 0.25) is 0 Å². The second kappa shape index (κ2) is 8.46. The lowest BCUT2D eigenvalue weighted by molar-refractivity contribution is -0.0127. The topological polar surface area (TPSA) is 68.2 Å². The van der Waals surface area contributed by atoms with E-state index in [1.54, 1.807) is 12.1 Å². The van der Waals surface area contributed by atoms with Gasteiger partial charge in [0, 0.05) is 0 Å². The van der Waals surface area contributed by atoms with E-state index in [1.165, 1.54) is 7.11 Å². The lowest BCUT2D eigenvalue weighted by atomic mass is 10.2. The molecule has 0 spiro atoms. The van der Waals surface area contributed by atoms with Crippen LogP contribution in [-0.4, -0.2) is 42.7 Å². The number of hydrogen-bond donors (Lipinski definition) is 2.